The first-order valence-electron chi connectivity index (χ1n) is 6.61. The minimum atomic E-state index is 0.701. The molecule has 17 heavy (non-hydrogen) atoms. The van der Waals surface area contributed by atoms with E-state index in [4.69, 9.17) is 0 Å². The van der Waals surface area contributed by atoms with Crippen LogP contribution in [0.15, 0.2) is 5.38 Å². The van der Waals surface area contributed by atoms with E-state index in [2.05, 4.69) is 41.3 Å². The molecule has 1 aliphatic carbocycles. The molecule has 0 amide bonds. The van der Waals surface area contributed by atoms with E-state index in [1.54, 1.807) is 11.3 Å². The van der Waals surface area contributed by atoms with E-state index in [9.17, 15) is 0 Å². The third-order valence-corrected chi connectivity index (χ3v) is 5.65. The van der Waals surface area contributed by atoms with Crippen LogP contribution in [0.1, 0.15) is 43.8 Å². The summed E-state index contributed by atoms with van der Waals surface area (Å²) in [6.07, 6.45) is 5.16. The first-order chi connectivity index (χ1) is 8.33. The minimum absolute atomic E-state index is 0.701. The number of thioether (sulfide) groups is 1. The summed E-state index contributed by atoms with van der Waals surface area (Å²) in [5.74, 6) is 1.24. The number of hydrogen-bond acceptors (Lipinski definition) is 4. The zero-order chi connectivity index (χ0) is 12.1. The van der Waals surface area contributed by atoms with Crippen molar-refractivity contribution < 1.29 is 0 Å². The van der Waals surface area contributed by atoms with E-state index in [0.717, 1.165) is 18.2 Å². The van der Waals surface area contributed by atoms with Crippen LogP contribution < -0.4 is 5.32 Å². The smallest absolute Gasteiger partial charge is 0.0926 e. The van der Waals surface area contributed by atoms with Crippen LogP contribution >= 0.6 is 23.1 Å². The van der Waals surface area contributed by atoms with Gasteiger partial charge in [0, 0.05) is 23.2 Å². The lowest BCUT2D eigenvalue weighted by Gasteiger charge is -2.19. The molecule has 2 nitrogen and oxygen atoms in total. The molecule has 0 spiro atoms. The van der Waals surface area contributed by atoms with Gasteiger partial charge in [-0.2, -0.15) is 11.8 Å². The molecule has 0 saturated heterocycles. The van der Waals surface area contributed by atoms with Gasteiger partial charge in [0.15, 0.2) is 0 Å². The van der Waals surface area contributed by atoms with Crippen LogP contribution in [0.3, 0.4) is 0 Å². The molecule has 0 aliphatic heterocycles. The highest BCUT2D eigenvalue weighted by Crippen LogP contribution is 2.30. The van der Waals surface area contributed by atoms with E-state index in [1.165, 1.54) is 35.7 Å². The lowest BCUT2D eigenvalue weighted by molar-refractivity contribution is 0.527. The number of rotatable bonds is 6. The molecule has 0 bridgehead atoms. The van der Waals surface area contributed by atoms with Crippen molar-refractivity contribution in [2.45, 2.75) is 57.4 Å². The number of nitrogens with one attached hydrogen (secondary N) is 1. The Hall–Kier alpha value is -0.0600. The maximum atomic E-state index is 4.61. The van der Waals surface area contributed by atoms with Gasteiger partial charge in [0.2, 0.25) is 0 Å². The van der Waals surface area contributed by atoms with Crippen LogP contribution in [0.5, 0.6) is 0 Å². The van der Waals surface area contributed by atoms with Gasteiger partial charge < -0.3 is 5.32 Å². The van der Waals surface area contributed by atoms with Gasteiger partial charge in [-0.15, -0.1) is 11.3 Å². The molecule has 0 radical (unpaired) electrons. The predicted octanol–water partition coefficient (Wildman–Crippen LogP) is 3.47. The summed E-state index contributed by atoms with van der Waals surface area (Å²) in [5.41, 5.74) is 1.22. The van der Waals surface area contributed by atoms with Crippen molar-refractivity contribution in [3.05, 3.63) is 16.1 Å². The average molecular weight is 270 g/mol. The highest BCUT2D eigenvalue weighted by atomic mass is 32.2. The summed E-state index contributed by atoms with van der Waals surface area (Å²) in [6, 6.07) is 0.701. The maximum Gasteiger partial charge on any atom is 0.0926 e. The van der Waals surface area contributed by atoms with Crippen LogP contribution in [0.4, 0.5) is 0 Å². The van der Waals surface area contributed by atoms with E-state index < -0.39 is 0 Å². The van der Waals surface area contributed by atoms with Gasteiger partial charge in [0.1, 0.15) is 0 Å². The fourth-order valence-electron chi connectivity index (χ4n) is 2.40. The SMILES string of the molecule is CCSC1CCCC1NCc1csc(CC)n1. The molecule has 1 aliphatic rings. The van der Waals surface area contributed by atoms with Crippen LogP contribution in [-0.4, -0.2) is 22.0 Å². The Morgan fingerprint density at radius 1 is 1.47 bits per heavy atom. The van der Waals surface area contributed by atoms with Crippen LogP contribution in [0.2, 0.25) is 0 Å². The van der Waals surface area contributed by atoms with E-state index in [-0.39, 0.29) is 0 Å². The number of thiazole rings is 1. The van der Waals surface area contributed by atoms with Gasteiger partial charge in [0.25, 0.3) is 0 Å². The third-order valence-electron chi connectivity index (χ3n) is 3.28. The Bertz CT molecular complexity index is 338. The molecule has 1 aromatic heterocycles. The van der Waals surface area contributed by atoms with Crippen molar-refractivity contribution >= 4 is 23.1 Å². The predicted molar refractivity (Wildman–Crippen MR) is 77.9 cm³/mol. The molecule has 96 valence electrons. The summed E-state index contributed by atoms with van der Waals surface area (Å²) in [4.78, 5) is 4.61. The quantitative estimate of drug-likeness (QED) is 0.857. The van der Waals surface area contributed by atoms with E-state index in [1.807, 2.05) is 0 Å². The monoisotopic (exact) mass is 270 g/mol. The number of hydrogen-bond donors (Lipinski definition) is 1. The van der Waals surface area contributed by atoms with Crippen molar-refractivity contribution in [3.8, 4) is 0 Å². The van der Waals surface area contributed by atoms with Gasteiger partial charge in [-0.25, -0.2) is 4.98 Å². The molecule has 2 atom stereocenters. The highest BCUT2D eigenvalue weighted by Gasteiger charge is 2.26. The van der Waals surface area contributed by atoms with Crippen molar-refractivity contribution in [2.24, 2.45) is 0 Å². The summed E-state index contributed by atoms with van der Waals surface area (Å²) in [7, 11) is 0. The molecule has 2 rings (SSSR count). The molecular formula is C13H22N2S2. The van der Waals surface area contributed by atoms with Crippen molar-refractivity contribution in [1.82, 2.24) is 10.3 Å². The molecule has 1 N–H and O–H groups in total. The van der Waals surface area contributed by atoms with E-state index >= 15 is 0 Å². The Balaban J connectivity index is 1.80. The van der Waals surface area contributed by atoms with Crippen LogP contribution in [0.25, 0.3) is 0 Å². The standard InChI is InChI=1S/C13H22N2S2/c1-3-13-15-10(9-17-13)8-14-11-6-5-7-12(11)16-4-2/h9,11-12,14H,3-8H2,1-2H3. The average Bonchev–Trinajstić information content (AvgIpc) is 2.95. The van der Waals surface area contributed by atoms with Gasteiger partial charge in [-0.1, -0.05) is 20.3 Å². The minimum Gasteiger partial charge on any atom is -0.307 e. The Labute approximate surface area is 113 Å². The van der Waals surface area contributed by atoms with Crippen molar-refractivity contribution in [3.63, 3.8) is 0 Å². The van der Waals surface area contributed by atoms with Gasteiger partial charge in [-0.05, 0) is 25.0 Å². The lowest BCUT2D eigenvalue weighted by Crippen LogP contribution is -2.33. The fourth-order valence-corrected chi connectivity index (χ4v) is 4.37. The first-order valence-corrected chi connectivity index (χ1v) is 8.54. The third kappa shape index (κ3) is 3.70. The number of nitrogens with zero attached hydrogens (tertiary/aromatic N) is 1. The summed E-state index contributed by atoms with van der Waals surface area (Å²) in [6.45, 7) is 5.37. The molecule has 4 heteroatoms. The molecule has 1 aromatic rings. The Morgan fingerprint density at radius 2 is 2.35 bits per heavy atom. The Morgan fingerprint density at radius 3 is 3.06 bits per heavy atom. The molecule has 1 fully saturated rings. The second-order valence-electron chi connectivity index (χ2n) is 4.50. The fraction of sp³-hybridized carbons (Fsp3) is 0.769. The summed E-state index contributed by atoms with van der Waals surface area (Å²) < 4.78 is 0. The van der Waals surface area contributed by atoms with Gasteiger partial charge in [0.05, 0.1) is 10.7 Å². The molecule has 0 aromatic carbocycles. The molecule has 1 heterocycles. The van der Waals surface area contributed by atoms with Crippen LogP contribution in [0, 0.1) is 0 Å². The van der Waals surface area contributed by atoms with Gasteiger partial charge in [-0.3, -0.25) is 0 Å². The lowest BCUT2D eigenvalue weighted by atomic mass is 10.2. The van der Waals surface area contributed by atoms with Crippen molar-refractivity contribution in [2.75, 3.05) is 5.75 Å². The van der Waals surface area contributed by atoms with E-state index in [0.29, 0.717) is 6.04 Å². The highest BCUT2D eigenvalue weighted by molar-refractivity contribution is 7.99. The largest absolute Gasteiger partial charge is 0.307 e. The van der Waals surface area contributed by atoms with Gasteiger partial charge >= 0.3 is 0 Å². The second-order valence-corrected chi connectivity index (χ2v) is 6.96. The van der Waals surface area contributed by atoms with Crippen molar-refractivity contribution in [1.29, 1.82) is 0 Å². The Kier molecular flexibility index (Phi) is 5.32. The number of aromatic nitrogens is 1. The summed E-state index contributed by atoms with van der Waals surface area (Å²) >= 11 is 3.90. The number of aryl methyl sites for hydroxylation is 1. The first kappa shape index (κ1) is 13.4. The molecular weight excluding hydrogens is 248 g/mol. The summed E-state index contributed by atoms with van der Waals surface area (Å²) in [5, 5.41) is 7.97. The van der Waals surface area contributed by atoms with Crippen LogP contribution in [-0.2, 0) is 13.0 Å². The second kappa shape index (κ2) is 6.76. The molecule has 1 saturated carbocycles. The zero-order valence-corrected chi connectivity index (χ0v) is 12.4. The maximum absolute atomic E-state index is 4.61. The topological polar surface area (TPSA) is 24.9 Å². The molecule has 2 unspecified atom stereocenters. The zero-order valence-electron chi connectivity index (χ0n) is 10.7. The normalized spacial score (nSPS) is 24.4.